The Labute approximate surface area is 216 Å². The van der Waals surface area contributed by atoms with Crippen LogP contribution >= 0.6 is 0 Å². The SMILES string of the molecule is CCCC(C)(COC(=O)c1ccc(C(=O)OCC(C)(CCC)OOC(C)(C)C)cc1)OOC(C)(C)C. The van der Waals surface area contributed by atoms with Crippen molar-refractivity contribution in [2.75, 3.05) is 13.2 Å². The highest BCUT2D eigenvalue weighted by Gasteiger charge is 2.32. The number of hydrogen-bond acceptors (Lipinski definition) is 8. The summed E-state index contributed by atoms with van der Waals surface area (Å²) in [6, 6.07) is 6.14. The maximum Gasteiger partial charge on any atom is 0.338 e. The van der Waals surface area contributed by atoms with E-state index in [1.54, 1.807) is 0 Å². The van der Waals surface area contributed by atoms with Gasteiger partial charge in [0.2, 0.25) is 0 Å². The van der Waals surface area contributed by atoms with E-state index < -0.39 is 34.3 Å². The molecule has 1 aromatic rings. The van der Waals surface area contributed by atoms with Crippen molar-refractivity contribution in [2.24, 2.45) is 0 Å². The first-order chi connectivity index (χ1) is 16.5. The smallest absolute Gasteiger partial charge is 0.338 e. The average Bonchev–Trinajstić information content (AvgIpc) is 2.78. The lowest BCUT2D eigenvalue weighted by atomic mass is 10.0. The second-order valence-corrected chi connectivity index (χ2v) is 11.7. The number of benzene rings is 1. The van der Waals surface area contributed by atoms with Crippen LogP contribution in [0.1, 0.15) is 116 Å². The Bertz CT molecular complexity index is 752. The molecule has 0 aromatic heterocycles. The number of hydrogen-bond donors (Lipinski definition) is 0. The minimum absolute atomic E-state index is 0.0339. The van der Waals surface area contributed by atoms with Crippen LogP contribution in [0.2, 0.25) is 0 Å². The lowest BCUT2D eigenvalue weighted by molar-refractivity contribution is -0.405. The van der Waals surface area contributed by atoms with E-state index in [-0.39, 0.29) is 13.2 Å². The quantitative estimate of drug-likeness (QED) is 0.157. The van der Waals surface area contributed by atoms with Crippen LogP contribution in [0, 0.1) is 0 Å². The number of rotatable bonds is 14. The normalized spacial score (nSPS) is 15.6. The summed E-state index contributed by atoms with van der Waals surface area (Å²) in [5.41, 5.74) is -1.87. The molecule has 8 heteroatoms. The van der Waals surface area contributed by atoms with Crippen LogP contribution in [0.4, 0.5) is 0 Å². The van der Waals surface area contributed by atoms with Crippen LogP contribution < -0.4 is 0 Å². The van der Waals surface area contributed by atoms with Gasteiger partial charge in [0.25, 0.3) is 0 Å². The summed E-state index contributed by atoms with van der Waals surface area (Å²) in [5, 5.41) is 0. The Morgan fingerprint density at radius 3 is 1.14 bits per heavy atom. The number of carbonyl (C=O) groups excluding carboxylic acids is 2. The number of carbonyl (C=O) groups is 2. The van der Waals surface area contributed by atoms with Gasteiger partial charge >= 0.3 is 11.9 Å². The predicted octanol–water partition coefficient (Wildman–Crippen LogP) is 6.61. The van der Waals surface area contributed by atoms with E-state index in [4.69, 9.17) is 29.0 Å². The van der Waals surface area contributed by atoms with E-state index >= 15 is 0 Å². The van der Waals surface area contributed by atoms with Gasteiger partial charge in [-0.05, 0) is 92.5 Å². The van der Waals surface area contributed by atoms with Crippen LogP contribution in [0.3, 0.4) is 0 Å². The van der Waals surface area contributed by atoms with Gasteiger partial charge < -0.3 is 9.47 Å². The first kappa shape index (κ1) is 32.0. The molecule has 0 heterocycles. The second-order valence-electron chi connectivity index (χ2n) is 11.7. The van der Waals surface area contributed by atoms with Crippen molar-refractivity contribution < 1.29 is 38.6 Å². The molecular weight excluding hydrogens is 464 g/mol. The lowest BCUT2D eigenvalue weighted by Crippen LogP contribution is -2.38. The molecule has 1 aromatic carbocycles. The summed E-state index contributed by atoms with van der Waals surface area (Å²) < 4.78 is 11.0. The van der Waals surface area contributed by atoms with E-state index in [0.717, 1.165) is 12.8 Å². The van der Waals surface area contributed by atoms with Crippen molar-refractivity contribution in [1.82, 2.24) is 0 Å². The van der Waals surface area contributed by atoms with Crippen LogP contribution in [0.15, 0.2) is 24.3 Å². The zero-order chi connectivity index (χ0) is 27.6. The molecular formula is C28H46O8. The van der Waals surface area contributed by atoms with Gasteiger partial charge in [-0.3, -0.25) is 0 Å². The van der Waals surface area contributed by atoms with Crippen LogP contribution in [-0.2, 0) is 29.0 Å². The van der Waals surface area contributed by atoms with Crippen molar-refractivity contribution in [3.63, 3.8) is 0 Å². The molecule has 0 N–H and O–H groups in total. The maximum absolute atomic E-state index is 12.6. The Morgan fingerprint density at radius 1 is 0.583 bits per heavy atom. The largest absolute Gasteiger partial charge is 0.459 e. The third-order valence-electron chi connectivity index (χ3n) is 4.92. The molecule has 0 radical (unpaired) electrons. The van der Waals surface area contributed by atoms with Crippen molar-refractivity contribution >= 4 is 11.9 Å². The Morgan fingerprint density at radius 2 is 0.889 bits per heavy atom. The van der Waals surface area contributed by atoms with E-state index in [1.807, 2.05) is 69.2 Å². The molecule has 0 aliphatic rings. The molecule has 0 saturated carbocycles. The van der Waals surface area contributed by atoms with Crippen LogP contribution in [0.5, 0.6) is 0 Å². The first-order valence-corrected chi connectivity index (χ1v) is 12.7. The highest BCUT2D eigenvalue weighted by atomic mass is 17.2. The van der Waals surface area contributed by atoms with Gasteiger partial charge in [-0.15, -0.1) is 0 Å². The molecule has 0 aliphatic heterocycles. The van der Waals surface area contributed by atoms with Gasteiger partial charge in [-0.2, -0.15) is 0 Å². The number of ether oxygens (including phenoxy) is 2. The van der Waals surface area contributed by atoms with E-state index in [2.05, 4.69) is 0 Å². The van der Waals surface area contributed by atoms with Gasteiger partial charge in [0, 0.05) is 0 Å². The Balaban J connectivity index is 2.72. The standard InChI is InChI=1S/C28H46O8/c1-11-17-27(9,35-33-25(3,4)5)19-31-23(29)21-13-15-22(16-14-21)24(30)32-20-28(10,18-12-2)36-34-26(6,7)8/h13-16H,11-12,17-20H2,1-10H3. The van der Waals surface area contributed by atoms with Gasteiger partial charge in [-0.25, -0.2) is 29.1 Å². The summed E-state index contributed by atoms with van der Waals surface area (Å²) in [5.74, 6) is -1.03. The van der Waals surface area contributed by atoms with Crippen molar-refractivity contribution in [3.8, 4) is 0 Å². The summed E-state index contributed by atoms with van der Waals surface area (Å²) in [4.78, 5) is 47.4. The third-order valence-corrected chi connectivity index (χ3v) is 4.92. The zero-order valence-electron chi connectivity index (χ0n) is 23.8. The number of esters is 2. The van der Waals surface area contributed by atoms with Gasteiger partial charge in [0.05, 0.1) is 22.3 Å². The highest BCUT2D eigenvalue weighted by molar-refractivity contribution is 5.93. The fourth-order valence-corrected chi connectivity index (χ4v) is 3.13. The monoisotopic (exact) mass is 510 g/mol. The predicted molar refractivity (Wildman–Crippen MR) is 137 cm³/mol. The summed E-state index contributed by atoms with van der Waals surface area (Å²) >= 11 is 0. The molecule has 2 unspecified atom stereocenters. The van der Waals surface area contributed by atoms with Gasteiger partial charge in [-0.1, -0.05) is 26.7 Å². The van der Waals surface area contributed by atoms with E-state index in [0.29, 0.717) is 24.0 Å². The molecule has 0 saturated heterocycles. The second kappa shape index (κ2) is 13.5. The van der Waals surface area contributed by atoms with Gasteiger partial charge in [0.15, 0.2) is 0 Å². The molecule has 206 valence electrons. The first-order valence-electron chi connectivity index (χ1n) is 12.7. The highest BCUT2D eigenvalue weighted by Crippen LogP contribution is 2.24. The Kier molecular flexibility index (Phi) is 12.0. The molecule has 0 fully saturated rings. The summed E-state index contributed by atoms with van der Waals surface area (Å²) in [6.07, 6.45) is 2.98. The molecule has 0 spiro atoms. The fraction of sp³-hybridized carbons (Fsp3) is 0.714. The summed E-state index contributed by atoms with van der Waals surface area (Å²) in [6.45, 7) is 19.1. The topological polar surface area (TPSA) is 89.5 Å². The van der Waals surface area contributed by atoms with Crippen LogP contribution in [-0.4, -0.2) is 47.6 Å². The van der Waals surface area contributed by atoms with Crippen LogP contribution in [0.25, 0.3) is 0 Å². The van der Waals surface area contributed by atoms with Gasteiger partial charge in [0.1, 0.15) is 24.4 Å². The maximum atomic E-state index is 12.6. The minimum Gasteiger partial charge on any atom is -0.459 e. The fourth-order valence-electron chi connectivity index (χ4n) is 3.13. The lowest BCUT2D eigenvalue weighted by Gasteiger charge is -2.31. The van der Waals surface area contributed by atoms with Crippen molar-refractivity contribution in [3.05, 3.63) is 35.4 Å². The van der Waals surface area contributed by atoms with E-state index in [9.17, 15) is 9.59 Å². The molecule has 0 bridgehead atoms. The molecule has 1 rings (SSSR count). The molecule has 0 aliphatic carbocycles. The van der Waals surface area contributed by atoms with E-state index in [1.165, 1.54) is 24.3 Å². The van der Waals surface area contributed by atoms with Crippen molar-refractivity contribution in [2.45, 2.75) is 117 Å². The molecule has 8 nitrogen and oxygen atoms in total. The molecule has 0 amide bonds. The molecule has 2 atom stereocenters. The Hall–Kier alpha value is -2.00. The zero-order valence-corrected chi connectivity index (χ0v) is 23.8. The average molecular weight is 511 g/mol. The summed E-state index contributed by atoms with van der Waals surface area (Å²) in [7, 11) is 0. The minimum atomic E-state index is -0.772. The third kappa shape index (κ3) is 12.3. The molecule has 36 heavy (non-hydrogen) atoms. The van der Waals surface area contributed by atoms with Crippen molar-refractivity contribution in [1.29, 1.82) is 0 Å².